The van der Waals surface area contributed by atoms with Gasteiger partial charge in [0.25, 0.3) is 0 Å². The highest BCUT2D eigenvalue weighted by molar-refractivity contribution is 8.00. The fourth-order valence-corrected chi connectivity index (χ4v) is 2.43. The third kappa shape index (κ3) is 3.71. The van der Waals surface area contributed by atoms with E-state index in [-0.39, 0.29) is 5.91 Å². The number of anilines is 1. The van der Waals surface area contributed by atoms with Gasteiger partial charge in [-0.3, -0.25) is 10.1 Å². The number of rotatable bonds is 5. The second-order valence-electron chi connectivity index (χ2n) is 3.26. The van der Waals surface area contributed by atoms with Crippen LogP contribution >= 0.6 is 23.1 Å². The minimum absolute atomic E-state index is 0.0976. The molecule has 1 N–H and O–H groups in total. The first-order chi connectivity index (χ1) is 8.78. The van der Waals surface area contributed by atoms with Gasteiger partial charge in [0.1, 0.15) is 11.3 Å². The summed E-state index contributed by atoms with van der Waals surface area (Å²) in [5.74, 6) is 1.01. The van der Waals surface area contributed by atoms with Gasteiger partial charge in [0.15, 0.2) is 0 Å². The number of carbonyl (C=O) groups is 1. The molecule has 18 heavy (non-hydrogen) atoms. The Labute approximate surface area is 113 Å². The molecule has 0 spiro atoms. The molecule has 0 aliphatic rings. The van der Waals surface area contributed by atoms with E-state index in [1.54, 1.807) is 12.6 Å². The van der Waals surface area contributed by atoms with Gasteiger partial charge in [0, 0.05) is 4.90 Å². The molecule has 5 nitrogen and oxygen atoms in total. The fourth-order valence-electron chi connectivity index (χ4n) is 1.22. The van der Waals surface area contributed by atoms with Crippen LogP contribution in [0.2, 0.25) is 0 Å². The molecule has 0 unspecified atom stereocenters. The Morgan fingerprint density at radius 1 is 1.56 bits per heavy atom. The van der Waals surface area contributed by atoms with Crippen LogP contribution < -0.4 is 10.1 Å². The second-order valence-corrected chi connectivity index (χ2v) is 5.14. The highest BCUT2D eigenvalue weighted by Crippen LogP contribution is 2.22. The average molecular weight is 281 g/mol. The lowest BCUT2D eigenvalue weighted by molar-refractivity contribution is -0.113. The second kappa shape index (κ2) is 6.36. The smallest absolute Gasteiger partial charge is 0.236 e. The number of benzene rings is 1. The monoisotopic (exact) mass is 281 g/mol. The third-order valence-electron chi connectivity index (χ3n) is 2.02. The van der Waals surface area contributed by atoms with Crippen LogP contribution in [0.25, 0.3) is 0 Å². The zero-order valence-corrected chi connectivity index (χ0v) is 11.3. The number of ether oxygens (including phenoxy) is 1. The van der Waals surface area contributed by atoms with Gasteiger partial charge in [0.2, 0.25) is 11.0 Å². The molecule has 0 aliphatic heterocycles. The van der Waals surface area contributed by atoms with Crippen molar-refractivity contribution in [3.8, 4) is 5.75 Å². The lowest BCUT2D eigenvalue weighted by Gasteiger charge is -2.04. The molecule has 2 rings (SSSR count). The first kappa shape index (κ1) is 12.8. The van der Waals surface area contributed by atoms with Crippen molar-refractivity contribution in [3.63, 3.8) is 0 Å². The van der Waals surface area contributed by atoms with Crippen molar-refractivity contribution in [2.45, 2.75) is 4.90 Å². The first-order valence-electron chi connectivity index (χ1n) is 5.11. The van der Waals surface area contributed by atoms with E-state index in [1.807, 2.05) is 24.3 Å². The number of nitrogens with one attached hydrogen (secondary N) is 1. The molecule has 1 amide bonds. The maximum absolute atomic E-state index is 11.6. The molecule has 2 aromatic rings. The van der Waals surface area contributed by atoms with Crippen LogP contribution in [0.1, 0.15) is 0 Å². The molecule has 94 valence electrons. The quantitative estimate of drug-likeness (QED) is 0.852. The summed E-state index contributed by atoms with van der Waals surface area (Å²) in [6.45, 7) is 0. The molecule has 1 aromatic heterocycles. The standard InChI is InChI=1S/C11H11N3O2S2/c1-16-8-3-2-4-9(5-8)17-6-10(15)13-11-14-12-7-18-11/h2-5,7H,6H2,1H3,(H,13,14,15). The van der Waals surface area contributed by atoms with Crippen molar-refractivity contribution < 1.29 is 9.53 Å². The molecular weight excluding hydrogens is 270 g/mol. The van der Waals surface area contributed by atoms with E-state index in [9.17, 15) is 4.79 Å². The summed E-state index contributed by atoms with van der Waals surface area (Å²) in [5.41, 5.74) is 1.57. The van der Waals surface area contributed by atoms with Gasteiger partial charge in [-0.2, -0.15) is 0 Å². The van der Waals surface area contributed by atoms with E-state index < -0.39 is 0 Å². The molecular formula is C11H11N3O2S2. The van der Waals surface area contributed by atoms with Crippen LogP contribution in [0.4, 0.5) is 5.13 Å². The number of amides is 1. The Bertz CT molecular complexity index is 517. The number of thioether (sulfide) groups is 1. The maximum Gasteiger partial charge on any atom is 0.236 e. The van der Waals surface area contributed by atoms with E-state index in [4.69, 9.17) is 4.74 Å². The third-order valence-corrected chi connectivity index (χ3v) is 3.62. The van der Waals surface area contributed by atoms with Crippen LogP contribution in [-0.4, -0.2) is 29.0 Å². The highest BCUT2D eigenvalue weighted by atomic mass is 32.2. The predicted octanol–water partition coefficient (Wildman–Crippen LogP) is 2.28. The zero-order valence-electron chi connectivity index (χ0n) is 9.62. The Balaban J connectivity index is 1.85. The molecule has 0 bridgehead atoms. The van der Waals surface area contributed by atoms with E-state index >= 15 is 0 Å². The maximum atomic E-state index is 11.6. The summed E-state index contributed by atoms with van der Waals surface area (Å²) in [6, 6.07) is 7.59. The molecule has 0 radical (unpaired) electrons. The van der Waals surface area contributed by atoms with E-state index in [1.165, 1.54) is 23.1 Å². The summed E-state index contributed by atoms with van der Waals surface area (Å²) in [6.07, 6.45) is 0. The van der Waals surface area contributed by atoms with Crippen LogP contribution in [0.5, 0.6) is 5.75 Å². The van der Waals surface area contributed by atoms with Crippen molar-refractivity contribution in [1.82, 2.24) is 10.2 Å². The minimum Gasteiger partial charge on any atom is -0.497 e. The number of hydrogen-bond donors (Lipinski definition) is 1. The van der Waals surface area contributed by atoms with Crippen molar-refractivity contribution >= 4 is 34.1 Å². The zero-order chi connectivity index (χ0) is 12.8. The van der Waals surface area contributed by atoms with E-state index in [0.29, 0.717) is 10.9 Å². The number of aromatic nitrogens is 2. The van der Waals surface area contributed by atoms with Crippen molar-refractivity contribution in [2.75, 3.05) is 18.2 Å². The number of nitrogens with zero attached hydrogens (tertiary/aromatic N) is 2. The molecule has 0 atom stereocenters. The molecule has 7 heteroatoms. The molecule has 1 heterocycles. The van der Waals surface area contributed by atoms with Gasteiger partial charge in [-0.05, 0) is 18.2 Å². The van der Waals surface area contributed by atoms with Gasteiger partial charge in [-0.15, -0.1) is 22.0 Å². The van der Waals surface area contributed by atoms with Gasteiger partial charge in [-0.25, -0.2) is 0 Å². The Morgan fingerprint density at radius 3 is 3.17 bits per heavy atom. The average Bonchev–Trinajstić information content (AvgIpc) is 2.89. The summed E-state index contributed by atoms with van der Waals surface area (Å²) < 4.78 is 5.12. The van der Waals surface area contributed by atoms with E-state index in [0.717, 1.165) is 10.6 Å². The predicted molar refractivity (Wildman–Crippen MR) is 72.3 cm³/mol. The van der Waals surface area contributed by atoms with Crippen LogP contribution in [-0.2, 0) is 4.79 Å². The fraction of sp³-hybridized carbons (Fsp3) is 0.182. The largest absolute Gasteiger partial charge is 0.497 e. The summed E-state index contributed by atoms with van der Waals surface area (Å²) in [7, 11) is 1.62. The Kier molecular flexibility index (Phi) is 4.54. The lowest BCUT2D eigenvalue weighted by Crippen LogP contribution is -2.13. The van der Waals surface area contributed by atoms with Gasteiger partial charge in [-0.1, -0.05) is 17.4 Å². The molecule has 1 aromatic carbocycles. The van der Waals surface area contributed by atoms with Crippen LogP contribution in [0, 0.1) is 0 Å². The summed E-state index contributed by atoms with van der Waals surface area (Å²) in [5, 5.41) is 10.6. The normalized spacial score (nSPS) is 10.1. The lowest BCUT2D eigenvalue weighted by atomic mass is 10.3. The van der Waals surface area contributed by atoms with Crippen molar-refractivity contribution in [2.24, 2.45) is 0 Å². The van der Waals surface area contributed by atoms with Gasteiger partial charge in [0.05, 0.1) is 12.9 Å². The molecule has 0 saturated carbocycles. The Hall–Kier alpha value is -1.60. The van der Waals surface area contributed by atoms with Crippen LogP contribution in [0.15, 0.2) is 34.7 Å². The van der Waals surface area contributed by atoms with Gasteiger partial charge >= 0.3 is 0 Å². The summed E-state index contributed by atoms with van der Waals surface area (Å²) >= 11 is 2.74. The number of hydrogen-bond acceptors (Lipinski definition) is 6. The molecule has 0 aliphatic carbocycles. The SMILES string of the molecule is COc1cccc(SCC(=O)Nc2nncs2)c1. The van der Waals surface area contributed by atoms with E-state index in [2.05, 4.69) is 15.5 Å². The number of carbonyl (C=O) groups excluding carboxylic acids is 1. The minimum atomic E-state index is -0.0976. The highest BCUT2D eigenvalue weighted by Gasteiger charge is 2.06. The van der Waals surface area contributed by atoms with Crippen molar-refractivity contribution in [1.29, 1.82) is 0 Å². The van der Waals surface area contributed by atoms with Crippen molar-refractivity contribution in [3.05, 3.63) is 29.8 Å². The number of methoxy groups -OCH3 is 1. The van der Waals surface area contributed by atoms with Gasteiger partial charge < -0.3 is 4.74 Å². The topological polar surface area (TPSA) is 64.1 Å². The first-order valence-corrected chi connectivity index (χ1v) is 6.97. The molecule has 0 saturated heterocycles. The molecule has 0 fully saturated rings. The van der Waals surface area contributed by atoms with Crippen LogP contribution in [0.3, 0.4) is 0 Å². The summed E-state index contributed by atoms with van der Waals surface area (Å²) in [4.78, 5) is 12.6. The Morgan fingerprint density at radius 2 is 2.44 bits per heavy atom.